The van der Waals surface area contributed by atoms with E-state index in [-0.39, 0.29) is 30.9 Å². The van der Waals surface area contributed by atoms with Gasteiger partial charge < -0.3 is 14.4 Å². The van der Waals surface area contributed by atoms with Gasteiger partial charge in [-0.1, -0.05) is 6.07 Å². The number of rotatable bonds is 4. The Labute approximate surface area is 146 Å². The fourth-order valence-corrected chi connectivity index (χ4v) is 3.83. The summed E-state index contributed by atoms with van der Waals surface area (Å²) in [7, 11) is 0. The Morgan fingerprint density at radius 1 is 1.08 bits per heavy atom. The largest absolute Gasteiger partial charge is 0.490 e. The molecule has 4 heterocycles. The Morgan fingerprint density at radius 3 is 2.52 bits per heavy atom. The first-order valence-corrected chi connectivity index (χ1v) is 8.70. The Hall–Kier alpha value is -2.63. The lowest BCUT2D eigenvalue weighted by Gasteiger charge is -2.38. The fraction of sp³-hybridized carbons (Fsp3) is 0.421. The van der Waals surface area contributed by atoms with E-state index in [9.17, 15) is 4.79 Å². The van der Waals surface area contributed by atoms with Crippen LogP contribution in [0.15, 0.2) is 49.1 Å². The van der Waals surface area contributed by atoms with E-state index in [0.29, 0.717) is 0 Å². The summed E-state index contributed by atoms with van der Waals surface area (Å²) in [6, 6.07) is 7.89. The number of amides is 1. The summed E-state index contributed by atoms with van der Waals surface area (Å²) in [6.07, 6.45) is 10.5. The quantitative estimate of drug-likeness (QED) is 0.856. The number of fused-ring (bicyclic) bond motifs is 2. The molecule has 4 rings (SSSR count). The average Bonchev–Trinajstić information content (AvgIpc) is 2.92. The molecule has 0 aromatic carbocycles. The second-order valence-corrected chi connectivity index (χ2v) is 6.60. The van der Waals surface area contributed by atoms with Crippen molar-refractivity contribution in [3.05, 3.63) is 54.6 Å². The van der Waals surface area contributed by atoms with Crippen molar-refractivity contribution in [3.8, 4) is 5.75 Å². The third kappa shape index (κ3) is 3.57. The number of nitrogens with zero attached hydrogens (tertiary/aromatic N) is 3. The van der Waals surface area contributed by atoms with Crippen molar-refractivity contribution in [1.29, 1.82) is 0 Å². The van der Waals surface area contributed by atoms with E-state index in [1.54, 1.807) is 24.8 Å². The summed E-state index contributed by atoms with van der Waals surface area (Å²) in [5.74, 6) is 0.840. The molecule has 0 aliphatic carbocycles. The number of hydrogen-bond donors (Lipinski definition) is 0. The molecule has 25 heavy (non-hydrogen) atoms. The minimum absolute atomic E-state index is 0.141. The van der Waals surface area contributed by atoms with Crippen LogP contribution >= 0.6 is 0 Å². The van der Waals surface area contributed by atoms with Gasteiger partial charge in [-0.05, 0) is 31.0 Å². The highest BCUT2D eigenvalue weighted by Gasteiger charge is 2.44. The lowest BCUT2D eigenvalue weighted by Crippen LogP contribution is -2.49. The van der Waals surface area contributed by atoms with Crippen LogP contribution in [0.4, 0.5) is 4.79 Å². The zero-order chi connectivity index (χ0) is 17.1. The van der Waals surface area contributed by atoms with Gasteiger partial charge >= 0.3 is 6.09 Å². The number of ether oxygens (including phenoxy) is 2. The minimum Gasteiger partial charge on any atom is -0.490 e. The van der Waals surface area contributed by atoms with E-state index in [1.165, 1.54) is 0 Å². The van der Waals surface area contributed by atoms with Crippen LogP contribution in [0.2, 0.25) is 0 Å². The van der Waals surface area contributed by atoms with Crippen molar-refractivity contribution < 1.29 is 14.3 Å². The molecule has 2 bridgehead atoms. The van der Waals surface area contributed by atoms with Crippen molar-refractivity contribution in [1.82, 2.24) is 14.9 Å². The van der Waals surface area contributed by atoms with E-state index in [1.807, 2.05) is 29.2 Å². The van der Waals surface area contributed by atoms with Crippen LogP contribution in [0.25, 0.3) is 0 Å². The first-order valence-electron chi connectivity index (χ1n) is 8.70. The lowest BCUT2D eigenvalue weighted by molar-refractivity contribution is 0.0304. The van der Waals surface area contributed by atoms with E-state index < -0.39 is 0 Å². The number of carbonyl (C=O) groups excluding carboxylic acids is 1. The molecule has 2 aliphatic rings. The van der Waals surface area contributed by atoms with Crippen LogP contribution in [0.1, 0.15) is 31.2 Å². The van der Waals surface area contributed by atoms with E-state index in [2.05, 4.69) is 9.97 Å². The van der Waals surface area contributed by atoms with Crippen LogP contribution in [0.3, 0.4) is 0 Å². The van der Waals surface area contributed by atoms with Crippen molar-refractivity contribution in [2.45, 2.75) is 50.5 Å². The molecule has 0 radical (unpaired) electrons. The fourth-order valence-electron chi connectivity index (χ4n) is 3.83. The highest BCUT2D eigenvalue weighted by Crippen LogP contribution is 2.37. The molecular formula is C19H21N3O3. The standard InChI is InChI=1S/C19H21N3O3/c23-19(24-13-14-2-1-7-21-12-14)22-15-3-4-16(22)11-18(10-15)25-17-5-8-20-9-6-17/h1-2,5-9,12,15-16,18H,3-4,10-11,13H2. The summed E-state index contributed by atoms with van der Waals surface area (Å²) in [5, 5.41) is 0. The topological polar surface area (TPSA) is 64.5 Å². The van der Waals surface area contributed by atoms with E-state index in [0.717, 1.165) is 37.0 Å². The highest BCUT2D eigenvalue weighted by atomic mass is 16.6. The third-order valence-electron chi connectivity index (χ3n) is 4.94. The molecule has 2 fully saturated rings. The number of pyridine rings is 2. The molecule has 0 spiro atoms. The van der Waals surface area contributed by atoms with Crippen molar-refractivity contribution in [3.63, 3.8) is 0 Å². The number of hydrogen-bond acceptors (Lipinski definition) is 5. The summed E-state index contributed by atoms with van der Waals surface area (Å²) in [6.45, 7) is 0.263. The second kappa shape index (κ2) is 7.09. The van der Waals surface area contributed by atoms with Crippen LogP contribution in [0.5, 0.6) is 5.75 Å². The van der Waals surface area contributed by atoms with Crippen LogP contribution in [-0.2, 0) is 11.3 Å². The smallest absolute Gasteiger partial charge is 0.410 e. The Kier molecular flexibility index (Phi) is 4.50. The third-order valence-corrected chi connectivity index (χ3v) is 4.94. The van der Waals surface area contributed by atoms with E-state index >= 15 is 0 Å². The number of aromatic nitrogens is 2. The zero-order valence-corrected chi connectivity index (χ0v) is 14.0. The zero-order valence-electron chi connectivity index (χ0n) is 14.0. The van der Waals surface area contributed by atoms with Gasteiger partial charge in [-0.15, -0.1) is 0 Å². The maximum Gasteiger partial charge on any atom is 0.410 e. The van der Waals surface area contributed by atoms with Gasteiger partial charge in [0.2, 0.25) is 0 Å². The minimum atomic E-state index is -0.223. The molecule has 130 valence electrons. The number of carbonyl (C=O) groups is 1. The Balaban J connectivity index is 1.34. The summed E-state index contributed by atoms with van der Waals surface area (Å²) in [4.78, 5) is 22.5. The summed E-state index contributed by atoms with van der Waals surface area (Å²) in [5.41, 5.74) is 0.902. The Morgan fingerprint density at radius 2 is 1.84 bits per heavy atom. The predicted molar refractivity (Wildman–Crippen MR) is 91.0 cm³/mol. The van der Waals surface area contributed by atoms with Gasteiger partial charge in [0, 0.05) is 55.3 Å². The maximum atomic E-state index is 12.5. The molecule has 6 heteroatoms. The molecule has 6 nitrogen and oxygen atoms in total. The molecule has 2 saturated heterocycles. The van der Waals surface area contributed by atoms with Crippen molar-refractivity contribution in [2.24, 2.45) is 0 Å². The Bertz CT molecular complexity index is 696. The first-order chi connectivity index (χ1) is 12.3. The van der Waals surface area contributed by atoms with Gasteiger partial charge in [0.15, 0.2) is 0 Å². The van der Waals surface area contributed by atoms with Gasteiger partial charge in [0.1, 0.15) is 18.5 Å². The molecule has 0 N–H and O–H groups in total. The normalized spacial score (nSPS) is 24.8. The molecular weight excluding hydrogens is 318 g/mol. The van der Waals surface area contributed by atoms with Gasteiger partial charge in [0.25, 0.3) is 0 Å². The predicted octanol–water partition coefficient (Wildman–Crippen LogP) is 3.19. The average molecular weight is 339 g/mol. The van der Waals surface area contributed by atoms with Gasteiger partial charge in [-0.2, -0.15) is 0 Å². The molecule has 2 unspecified atom stereocenters. The molecule has 2 aliphatic heterocycles. The van der Waals surface area contributed by atoms with Gasteiger partial charge in [0.05, 0.1) is 0 Å². The molecule has 2 aromatic rings. The monoisotopic (exact) mass is 339 g/mol. The SMILES string of the molecule is O=C(OCc1cccnc1)N1C2CCC1CC(Oc1ccncc1)C2. The molecule has 1 amide bonds. The first kappa shape index (κ1) is 15.9. The maximum absolute atomic E-state index is 12.5. The highest BCUT2D eigenvalue weighted by molar-refractivity contribution is 5.69. The van der Waals surface area contributed by atoms with E-state index in [4.69, 9.17) is 9.47 Å². The summed E-state index contributed by atoms with van der Waals surface area (Å²) >= 11 is 0. The van der Waals surface area contributed by atoms with Crippen molar-refractivity contribution >= 4 is 6.09 Å². The number of piperidine rings is 1. The second-order valence-electron chi connectivity index (χ2n) is 6.60. The lowest BCUT2D eigenvalue weighted by atomic mass is 10.0. The van der Waals surface area contributed by atoms with Crippen LogP contribution < -0.4 is 4.74 Å². The molecule has 2 atom stereocenters. The van der Waals surface area contributed by atoms with Gasteiger partial charge in [-0.3, -0.25) is 9.97 Å². The van der Waals surface area contributed by atoms with Crippen LogP contribution in [-0.4, -0.2) is 39.1 Å². The summed E-state index contributed by atoms with van der Waals surface area (Å²) < 4.78 is 11.6. The van der Waals surface area contributed by atoms with Crippen LogP contribution in [0, 0.1) is 0 Å². The molecule has 2 aromatic heterocycles. The van der Waals surface area contributed by atoms with Crippen molar-refractivity contribution in [2.75, 3.05) is 0 Å². The molecule has 0 saturated carbocycles. The van der Waals surface area contributed by atoms with Gasteiger partial charge in [-0.25, -0.2) is 4.79 Å².